The van der Waals surface area contributed by atoms with Crippen LogP contribution in [0.15, 0.2) is 39.9 Å². The van der Waals surface area contributed by atoms with Crippen molar-refractivity contribution in [2.75, 3.05) is 17.7 Å². The predicted molar refractivity (Wildman–Crippen MR) is 119 cm³/mol. The molecule has 0 spiro atoms. The maximum absolute atomic E-state index is 14.8. The third-order valence-corrected chi connectivity index (χ3v) is 8.27. The minimum atomic E-state index is -5.53. The molecule has 2 aromatic rings. The number of nitrogens with two attached hydrogens (primary N) is 1. The van der Waals surface area contributed by atoms with Crippen LogP contribution in [0.3, 0.4) is 0 Å². The van der Waals surface area contributed by atoms with Crippen LogP contribution in [0.25, 0.3) is 0 Å². The number of aromatic nitrogens is 2. The van der Waals surface area contributed by atoms with E-state index in [1.54, 1.807) is 13.8 Å². The maximum Gasteiger partial charge on any atom is 0.421 e. The summed E-state index contributed by atoms with van der Waals surface area (Å²) in [6.45, 7) is 3.34. The number of carbonyl (C=O) groups excluding carboxylic acids is 2. The molecule has 1 aliphatic carbocycles. The Labute approximate surface area is 202 Å². The summed E-state index contributed by atoms with van der Waals surface area (Å²) in [5.74, 6) is -2.43. The third-order valence-electron chi connectivity index (χ3n) is 5.70. The Bertz CT molecular complexity index is 1370. The van der Waals surface area contributed by atoms with Crippen LogP contribution in [0.5, 0.6) is 5.75 Å². The van der Waals surface area contributed by atoms with E-state index in [4.69, 9.17) is 10.5 Å². The molecular formula is C20H20F3N5O5S2. The van der Waals surface area contributed by atoms with Crippen molar-refractivity contribution < 1.29 is 35.9 Å². The van der Waals surface area contributed by atoms with E-state index in [1.165, 1.54) is 36.1 Å². The van der Waals surface area contributed by atoms with Crippen molar-refractivity contribution in [1.82, 2.24) is 14.9 Å². The van der Waals surface area contributed by atoms with Gasteiger partial charge in [-0.05, 0) is 24.0 Å². The van der Waals surface area contributed by atoms with Gasteiger partial charge in [-0.1, -0.05) is 31.3 Å². The van der Waals surface area contributed by atoms with E-state index >= 15 is 0 Å². The molecule has 1 aromatic heterocycles. The Morgan fingerprint density at radius 2 is 1.89 bits per heavy atom. The summed E-state index contributed by atoms with van der Waals surface area (Å²) >= 11 is 0.316. The van der Waals surface area contributed by atoms with E-state index in [9.17, 15) is 31.2 Å². The number of nitrogen functional groups attached to an aromatic ring is 1. The highest BCUT2D eigenvalue weighted by atomic mass is 32.2. The fourth-order valence-corrected chi connectivity index (χ4v) is 6.42. The molecule has 15 heteroatoms. The zero-order valence-corrected chi connectivity index (χ0v) is 20.3. The number of methoxy groups -OCH3 is 1. The second-order valence-corrected chi connectivity index (χ2v) is 11.7. The summed E-state index contributed by atoms with van der Waals surface area (Å²) in [5.41, 5.74) is -0.485. The normalized spacial score (nSPS) is 22.5. The molecule has 1 unspecified atom stereocenters. The van der Waals surface area contributed by atoms with Crippen molar-refractivity contribution in [3.8, 4) is 5.75 Å². The molecule has 2 heterocycles. The minimum Gasteiger partial charge on any atom is -0.497 e. The highest BCUT2D eigenvalue weighted by molar-refractivity contribution is 7.91. The van der Waals surface area contributed by atoms with Crippen molar-refractivity contribution in [2.45, 2.75) is 42.7 Å². The number of Topliss-reactive ketones (excluding diaryl/α,β-unsaturated/α-hetero) is 1. The lowest BCUT2D eigenvalue weighted by Gasteiger charge is -2.35. The molecule has 0 radical (unpaired) electrons. The van der Waals surface area contributed by atoms with Crippen LogP contribution in [0.1, 0.15) is 26.7 Å². The van der Waals surface area contributed by atoms with Gasteiger partial charge in [0.05, 0.1) is 18.4 Å². The Morgan fingerprint density at radius 1 is 1.20 bits per heavy atom. The number of ketones is 1. The van der Waals surface area contributed by atoms with Crippen molar-refractivity contribution in [3.63, 3.8) is 0 Å². The van der Waals surface area contributed by atoms with Crippen LogP contribution in [0, 0.1) is 5.41 Å². The summed E-state index contributed by atoms with van der Waals surface area (Å²) in [6.07, 6.45) is -5.95. The number of allylic oxidation sites excluding steroid dienone is 1. The molecular weight excluding hydrogens is 511 g/mol. The number of anilines is 2. The molecule has 0 fully saturated rings. The summed E-state index contributed by atoms with van der Waals surface area (Å²) in [4.78, 5) is 27.6. The van der Waals surface area contributed by atoms with E-state index in [-0.39, 0.29) is 35.1 Å². The molecule has 35 heavy (non-hydrogen) atoms. The van der Waals surface area contributed by atoms with Crippen LogP contribution in [-0.2, 0) is 19.6 Å². The molecule has 0 bridgehead atoms. The first-order valence-corrected chi connectivity index (χ1v) is 12.4. The maximum atomic E-state index is 14.8. The van der Waals surface area contributed by atoms with E-state index in [0.29, 0.717) is 11.3 Å². The quantitative estimate of drug-likeness (QED) is 0.599. The first kappa shape index (κ1) is 25.1. The Hall–Kier alpha value is -3.04. The molecule has 1 atom stereocenters. The van der Waals surface area contributed by atoms with Gasteiger partial charge in [-0.2, -0.15) is 17.9 Å². The van der Waals surface area contributed by atoms with Crippen molar-refractivity contribution >= 4 is 43.9 Å². The van der Waals surface area contributed by atoms with Crippen LogP contribution in [0.4, 0.5) is 24.0 Å². The topological polar surface area (TPSA) is 145 Å². The Balaban J connectivity index is 2.00. The number of nitrogens with zero attached hydrogens (tertiary/aromatic N) is 3. The Kier molecular flexibility index (Phi) is 5.72. The number of hydrogen-bond acceptors (Lipinski definition) is 9. The number of nitrogens with one attached hydrogen (secondary N) is 1. The van der Waals surface area contributed by atoms with Gasteiger partial charge in [0.2, 0.25) is 15.0 Å². The van der Waals surface area contributed by atoms with Crippen molar-refractivity contribution in [2.24, 2.45) is 5.41 Å². The lowest BCUT2D eigenvalue weighted by Crippen LogP contribution is -2.66. The average Bonchev–Trinajstić information content (AvgIpc) is 3.27. The molecule has 0 saturated carbocycles. The monoisotopic (exact) mass is 531 g/mol. The second kappa shape index (κ2) is 7.99. The fourth-order valence-electron chi connectivity index (χ4n) is 4.31. The summed E-state index contributed by atoms with van der Waals surface area (Å²) < 4.78 is 76.2. The molecule has 1 aliphatic heterocycles. The highest BCUT2D eigenvalue weighted by Crippen LogP contribution is 2.53. The number of benzene rings is 1. The standard InChI is InChI=1S/C20H20F3N5O5S2/c1-18(2)8-12-14(13(29)9-18)19(20(21,22)23,27-35(31,32)17-26-25-16(24)34-17)15(30)28(12)10-5-4-6-11(7-10)33-3/h4-7,27H,8-9H2,1-3H3,(H2,24,25). The molecule has 3 N–H and O–H groups in total. The van der Waals surface area contributed by atoms with Gasteiger partial charge in [0.25, 0.3) is 15.9 Å². The van der Waals surface area contributed by atoms with Gasteiger partial charge in [-0.15, -0.1) is 10.2 Å². The molecule has 0 saturated heterocycles. The average molecular weight is 532 g/mol. The molecule has 188 valence electrons. The molecule has 4 rings (SSSR count). The number of carbonyl (C=O) groups is 2. The first-order chi connectivity index (χ1) is 16.1. The molecule has 1 aromatic carbocycles. The van der Waals surface area contributed by atoms with Crippen LogP contribution < -0.4 is 20.1 Å². The van der Waals surface area contributed by atoms with Gasteiger partial charge in [-0.3, -0.25) is 14.5 Å². The predicted octanol–water partition coefficient (Wildman–Crippen LogP) is 2.40. The fraction of sp³-hybridized carbons (Fsp3) is 0.400. The Morgan fingerprint density at radius 3 is 2.46 bits per heavy atom. The van der Waals surface area contributed by atoms with Crippen LogP contribution in [-0.4, -0.2) is 49.1 Å². The first-order valence-electron chi connectivity index (χ1n) is 10.1. The number of ether oxygens (including phenoxy) is 1. The number of hydrogen-bond donors (Lipinski definition) is 2. The van der Waals surface area contributed by atoms with E-state index in [1.807, 2.05) is 0 Å². The molecule has 2 aliphatic rings. The zero-order chi connectivity index (χ0) is 26.0. The summed E-state index contributed by atoms with van der Waals surface area (Å²) in [7, 11) is -3.74. The zero-order valence-electron chi connectivity index (χ0n) is 18.6. The van der Waals surface area contributed by atoms with Crippen molar-refractivity contribution in [3.05, 3.63) is 35.5 Å². The number of alkyl halides is 3. The van der Waals surface area contributed by atoms with Gasteiger partial charge in [0, 0.05) is 18.2 Å². The SMILES string of the molecule is COc1cccc(N2C(=O)C(NS(=O)(=O)c3nnc(N)s3)(C(F)(F)F)C3=C2CC(C)(C)CC3=O)c1. The largest absolute Gasteiger partial charge is 0.497 e. The molecule has 1 amide bonds. The van der Waals surface area contributed by atoms with Gasteiger partial charge in [-0.25, -0.2) is 8.42 Å². The van der Waals surface area contributed by atoms with Crippen molar-refractivity contribution in [1.29, 1.82) is 0 Å². The summed E-state index contributed by atoms with van der Waals surface area (Å²) in [5, 5.41) is 6.31. The molecule has 10 nitrogen and oxygen atoms in total. The number of amides is 1. The minimum absolute atomic E-state index is 0.0159. The third kappa shape index (κ3) is 3.96. The van der Waals surface area contributed by atoms with E-state index in [2.05, 4.69) is 10.2 Å². The van der Waals surface area contributed by atoms with Gasteiger partial charge >= 0.3 is 6.18 Å². The second-order valence-electron chi connectivity index (χ2n) is 8.86. The summed E-state index contributed by atoms with van der Waals surface area (Å²) in [6, 6.07) is 5.67. The number of halogens is 3. The highest BCUT2D eigenvalue weighted by Gasteiger charge is 2.72. The smallest absolute Gasteiger partial charge is 0.421 e. The van der Waals surface area contributed by atoms with Gasteiger partial charge in [0.1, 0.15) is 5.75 Å². The van der Waals surface area contributed by atoms with Crippen LogP contribution >= 0.6 is 11.3 Å². The van der Waals surface area contributed by atoms with Gasteiger partial charge in [0.15, 0.2) is 5.78 Å². The number of sulfonamides is 1. The van der Waals surface area contributed by atoms with E-state index < -0.39 is 48.8 Å². The van der Waals surface area contributed by atoms with Crippen LogP contribution in [0.2, 0.25) is 0 Å². The lowest BCUT2D eigenvalue weighted by molar-refractivity contribution is -0.184. The number of rotatable bonds is 5. The van der Waals surface area contributed by atoms with E-state index in [0.717, 1.165) is 4.90 Å². The van der Waals surface area contributed by atoms with Gasteiger partial charge < -0.3 is 10.5 Å². The lowest BCUT2D eigenvalue weighted by atomic mass is 9.72.